The van der Waals surface area contributed by atoms with Crippen LogP contribution in [-0.4, -0.2) is 16.5 Å². The molecule has 20 heavy (non-hydrogen) atoms. The second kappa shape index (κ2) is 6.89. The molecule has 1 aromatic carbocycles. The molecule has 0 aliphatic rings. The van der Waals surface area contributed by atoms with Crippen molar-refractivity contribution in [1.29, 1.82) is 0 Å². The van der Waals surface area contributed by atoms with Gasteiger partial charge in [-0.2, -0.15) is 0 Å². The van der Waals surface area contributed by atoms with Crippen molar-refractivity contribution in [3.63, 3.8) is 0 Å². The fourth-order valence-corrected chi connectivity index (χ4v) is 2.28. The average Bonchev–Trinajstić information content (AvgIpc) is 2.44. The number of aromatic nitrogens is 2. The van der Waals surface area contributed by atoms with Crippen LogP contribution in [0.25, 0.3) is 0 Å². The molecule has 0 saturated heterocycles. The first kappa shape index (κ1) is 14.3. The van der Waals surface area contributed by atoms with Crippen LogP contribution in [0.15, 0.2) is 30.6 Å². The lowest BCUT2D eigenvalue weighted by molar-refractivity contribution is 0.897. The highest BCUT2D eigenvalue weighted by Crippen LogP contribution is 2.19. The number of rotatable bonds is 6. The van der Waals surface area contributed by atoms with E-state index in [1.54, 1.807) is 0 Å². The van der Waals surface area contributed by atoms with E-state index >= 15 is 0 Å². The highest BCUT2D eigenvalue weighted by molar-refractivity contribution is 5.55. The fourth-order valence-electron chi connectivity index (χ4n) is 2.28. The quantitative estimate of drug-likeness (QED) is 0.847. The summed E-state index contributed by atoms with van der Waals surface area (Å²) in [7, 11) is 0. The van der Waals surface area contributed by atoms with E-state index in [-0.39, 0.29) is 0 Å². The Morgan fingerprint density at radius 2 is 1.95 bits per heavy atom. The maximum Gasteiger partial charge on any atom is 0.134 e. The second-order valence-electron chi connectivity index (χ2n) is 4.94. The predicted octanol–water partition coefficient (Wildman–Crippen LogP) is 2.97. The third-order valence-electron chi connectivity index (χ3n) is 3.43. The summed E-state index contributed by atoms with van der Waals surface area (Å²) < 4.78 is 0. The molecule has 0 amide bonds. The molecule has 2 rings (SSSR count). The number of hydrogen-bond donors (Lipinski definition) is 2. The summed E-state index contributed by atoms with van der Waals surface area (Å²) in [6.07, 6.45) is 4.43. The summed E-state index contributed by atoms with van der Waals surface area (Å²) in [5, 5.41) is 3.38. The fraction of sp³-hybridized carbons (Fsp3) is 0.375. The van der Waals surface area contributed by atoms with Gasteiger partial charge in [0.1, 0.15) is 18.0 Å². The van der Waals surface area contributed by atoms with Gasteiger partial charge >= 0.3 is 0 Å². The topological polar surface area (TPSA) is 63.8 Å². The van der Waals surface area contributed by atoms with E-state index in [1.807, 2.05) is 0 Å². The molecule has 1 heterocycles. The number of nitrogens with zero attached hydrogens (tertiary/aromatic N) is 2. The molecule has 3 N–H and O–H groups in total. The van der Waals surface area contributed by atoms with Crippen LogP contribution >= 0.6 is 0 Å². The van der Waals surface area contributed by atoms with Crippen LogP contribution < -0.4 is 11.1 Å². The van der Waals surface area contributed by atoms with E-state index in [1.165, 1.54) is 17.5 Å². The van der Waals surface area contributed by atoms with E-state index in [0.717, 1.165) is 37.2 Å². The minimum absolute atomic E-state index is 0.584. The lowest BCUT2D eigenvalue weighted by Crippen LogP contribution is -2.11. The largest absolute Gasteiger partial charge is 0.383 e. The van der Waals surface area contributed by atoms with Gasteiger partial charge in [-0.1, -0.05) is 37.6 Å². The smallest absolute Gasteiger partial charge is 0.134 e. The van der Waals surface area contributed by atoms with Gasteiger partial charge in [0.05, 0.1) is 0 Å². The number of nitrogen functional groups attached to an aromatic ring is 1. The Morgan fingerprint density at radius 1 is 1.15 bits per heavy atom. The van der Waals surface area contributed by atoms with Crippen LogP contribution in [0.4, 0.5) is 11.6 Å². The molecule has 0 atom stereocenters. The molecule has 0 radical (unpaired) electrons. The van der Waals surface area contributed by atoms with Crippen LogP contribution in [0.2, 0.25) is 0 Å². The van der Waals surface area contributed by atoms with Crippen LogP contribution in [0.5, 0.6) is 0 Å². The Morgan fingerprint density at radius 3 is 2.70 bits per heavy atom. The molecule has 2 aromatic rings. The number of hydrogen-bond acceptors (Lipinski definition) is 4. The summed E-state index contributed by atoms with van der Waals surface area (Å²) in [5.41, 5.74) is 9.64. The number of aryl methyl sites for hydroxylation is 1. The molecule has 0 bridgehead atoms. The number of nitrogens with one attached hydrogen (secondary N) is 1. The van der Waals surface area contributed by atoms with Crippen molar-refractivity contribution in [3.05, 3.63) is 47.3 Å². The zero-order valence-electron chi connectivity index (χ0n) is 12.2. The van der Waals surface area contributed by atoms with Crippen molar-refractivity contribution in [2.24, 2.45) is 0 Å². The Labute approximate surface area is 120 Å². The zero-order chi connectivity index (χ0) is 14.4. The van der Waals surface area contributed by atoms with Gasteiger partial charge in [0.2, 0.25) is 0 Å². The van der Waals surface area contributed by atoms with Gasteiger partial charge in [-0.3, -0.25) is 0 Å². The van der Waals surface area contributed by atoms with Gasteiger partial charge < -0.3 is 11.1 Å². The van der Waals surface area contributed by atoms with Crippen LogP contribution in [0.1, 0.15) is 30.0 Å². The first-order chi connectivity index (χ1) is 9.72. The summed E-state index contributed by atoms with van der Waals surface area (Å²) in [4.78, 5) is 8.37. The van der Waals surface area contributed by atoms with Gasteiger partial charge in [0.15, 0.2) is 0 Å². The monoisotopic (exact) mass is 270 g/mol. The molecule has 0 aliphatic carbocycles. The first-order valence-corrected chi connectivity index (χ1v) is 7.10. The second-order valence-corrected chi connectivity index (χ2v) is 4.94. The Bertz CT molecular complexity index is 566. The maximum atomic E-state index is 5.92. The molecule has 4 heteroatoms. The van der Waals surface area contributed by atoms with Crippen LogP contribution in [0, 0.1) is 6.92 Å². The zero-order valence-corrected chi connectivity index (χ0v) is 12.2. The molecule has 4 nitrogen and oxygen atoms in total. The molecule has 0 aliphatic heterocycles. The van der Waals surface area contributed by atoms with Gasteiger partial charge in [-0.15, -0.1) is 0 Å². The lowest BCUT2D eigenvalue weighted by atomic mass is 10.1. The maximum absolute atomic E-state index is 5.92. The lowest BCUT2D eigenvalue weighted by Gasteiger charge is -2.12. The number of anilines is 2. The Kier molecular flexibility index (Phi) is 4.93. The van der Waals surface area contributed by atoms with Crippen molar-refractivity contribution < 1.29 is 0 Å². The SMILES string of the molecule is CCCc1c(N)ncnc1NCCc1ccccc1C. The van der Waals surface area contributed by atoms with E-state index in [0.29, 0.717) is 5.82 Å². The summed E-state index contributed by atoms with van der Waals surface area (Å²) in [5.74, 6) is 1.45. The molecule has 0 spiro atoms. The predicted molar refractivity (Wildman–Crippen MR) is 83.8 cm³/mol. The minimum atomic E-state index is 0.584. The van der Waals surface area contributed by atoms with E-state index in [4.69, 9.17) is 5.73 Å². The van der Waals surface area contributed by atoms with Crippen LogP contribution in [0.3, 0.4) is 0 Å². The molecule has 0 saturated carbocycles. The molecule has 1 aromatic heterocycles. The number of benzene rings is 1. The highest BCUT2D eigenvalue weighted by Gasteiger charge is 2.07. The van der Waals surface area contributed by atoms with E-state index in [2.05, 4.69) is 53.4 Å². The van der Waals surface area contributed by atoms with Gasteiger partial charge in [-0.05, 0) is 30.9 Å². The van der Waals surface area contributed by atoms with Crippen molar-refractivity contribution in [1.82, 2.24) is 9.97 Å². The van der Waals surface area contributed by atoms with E-state index < -0.39 is 0 Å². The summed E-state index contributed by atoms with van der Waals surface area (Å²) in [6.45, 7) is 5.11. The molecule has 0 fully saturated rings. The summed E-state index contributed by atoms with van der Waals surface area (Å²) >= 11 is 0. The van der Waals surface area contributed by atoms with Crippen molar-refractivity contribution in [2.75, 3.05) is 17.6 Å². The van der Waals surface area contributed by atoms with Crippen LogP contribution in [-0.2, 0) is 12.8 Å². The van der Waals surface area contributed by atoms with Gasteiger partial charge in [0.25, 0.3) is 0 Å². The van der Waals surface area contributed by atoms with Crippen molar-refractivity contribution in [3.8, 4) is 0 Å². The van der Waals surface area contributed by atoms with Crippen molar-refractivity contribution in [2.45, 2.75) is 33.1 Å². The summed E-state index contributed by atoms with van der Waals surface area (Å²) in [6, 6.07) is 8.45. The minimum Gasteiger partial charge on any atom is -0.383 e. The van der Waals surface area contributed by atoms with Gasteiger partial charge in [0, 0.05) is 12.1 Å². The molecular weight excluding hydrogens is 248 g/mol. The number of nitrogens with two attached hydrogens (primary N) is 1. The average molecular weight is 270 g/mol. The molecule has 106 valence electrons. The standard InChI is InChI=1S/C16H22N4/c1-3-6-14-15(17)19-11-20-16(14)18-10-9-13-8-5-4-7-12(13)2/h4-5,7-8,11H,3,6,9-10H2,1-2H3,(H3,17,18,19,20). The third-order valence-corrected chi connectivity index (χ3v) is 3.43. The molecule has 0 unspecified atom stereocenters. The highest BCUT2D eigenvalue weighted by atomic mass is 15.0. The Balaban J connectivity index is 2.01. The first-order valence-electron chi connectivity index (χ1n) is 7.10. The van der Waals surface area contributed by atoms with Gasteiger partial charge in [-0.25, -0.2) is 9.97 Å². The molecular formula is C16H22N4. The normalized spacial score (nSPS) is 10.5. The van der Waals surface area contributed by atoms with Crippen molar-refractivity contribution >= 4 is 11.6 Å². The Hall–Kier alpha value is -2.10. The van der Waals surface area contributed by atoms with E-state index in [9.17, 15) is 0 Å². The third kappa shape index (κ3) is 3.47.